The van der Waals surface area contributed by atoms with Crippen molar-refractivity contribution in [3.05, 3.63) is 0 Å². The Morgan fingerprint density at radius 3 is 3.00 bits per heavy atom. The second kappa shape index (κ2) is 4.95. The first-order chi connectivity index (χ1) is 8.08. The topological polar surface area (TPSA) is 108 Å². The summed E-state index contributed by atoms with van der Waals surface area (Å²) in [5.41, 5.74) is 4.98. The van der Waals surface area contributed by atoms with Crippen LogP contribution in [-0.4, -0.2) is 40.7 Å². The quantitative estimate of drug-likeness (QED) is 0.405. The van der Waals surface area contributed by atoms with Crippen LogP contribution in [-0.2, 0) is 4.79 Å². The second-order valence-corrected chi connectivity index (χ2v) is 5.63. The molecule has 6 nitrogen and oxygen atoms in total. The first-order valence-corrected chi connectivity index (χ1v) is 6.68. The fraction of sp³-hybridized carbons (Fsp3) is 0.700. The molecule has 0 bridgehead atoms. The van der Waals surface area contributed by atoms with Crippen molar-refractivity contribution >= 4 is 29.4 Å². The van der Waals surface area contributed by atoms with Gasteiger partial charge in [0.2, 0.25) is 0 Å². The molecule has 2 heterocycles. The summed E-state index contributed by atoms with van der Waals surface area (Å²) >= 11 is 1.83. The Labute approximate surface area is 104 Å². The van der Waals surface area contributed by atoms with Crippen LogP contribution in [0.3, 0.4) is 0 Å². The standard InChI is InChI=1S/C10H16N4O2S/c11-5(9(12)15)2-1-3-7-8-6(4-17-7)13-10(16)14-8/h6-8,11H,1-4H2,(H2,12,15)(H2,13,14,16)/t6-,7-,8-/m0/s1. The second-order valence-electron chi connectivity index (χ2n) is 4.36. The number of hydrogen-bond acceptors (Lipinski definition) is 4. The minimum Gasteiger partial charge on any atom is -0.365 e. The molecule has 2 aliphatic rings. The summed E-state index contributed by atoms with van der Waals surface area (Å²) in [7, 11) is 0. The van der Waals surface area contributed by atoms with Crippen LogP contribution in [0.5, 0.6) is 0 Å². The van der Waals surface area contributed by atoms with Gasteiger partial charge in [0.05, 0.1) is 17.8 Å². The van der Waals surface area contributed by atoms with Crippen LogP contribution in [0.25, 0.3) is 0 Å². The van der Waals surface area contributed by atoms with E-state index in [-0.39, 0.29) is 23.8 Å². The summed E-state index contributed by atoms with van der Waals surface area (Å²) in [6.45, 7) is 0. The average molecular weight is 256 g/mol. The third kappa shape index (κ3) is 2.71. The number of hydrogen-bond donors (Lipinski definition) is 4. The van der Waals surface area contributed by atoms with Gasteiger partial charge in [-0.25, -0.2) is 4.79 Å². The van der Waals surface area contributed by atoms with Gasteiger partial charge in [0, 0.05) is 11.0 Å². The lowest BCUT2D eigenvalue weighted by Crippen LogP contribution is -2.36. The van der Waals surface area contributed by atoms with Gasteiger partial charge in [0.15, 0.2) is 0 Å². The Bertz CT molecular complexity index is 360. The van der Waals surface area contributed by atoms with Crippen molar-refractivity contribution in [2.75, 3.05) is 5.75 Å². The van der Waals surface area contributed by atoms with Crippen molar-refractivity contribution in [3.63, 3.8) is 0 Å². The van der Waals surface area contributed by atoms with Gasteiger partial charge >= 0.3 is 6.03 Å². The number of amides is 3. The molecule has 0 aliphatic carbocycles. The minimum atomic E-state index is -0.641. The highest BCUT2D eigenvalue weighted by molar-refractivity contribution is 8.00. The van der Waals surface area contributed by atoms with E-state index in [4.69, 9.17) is 11.1 Å². The number of nitrogens with one attached hydrogen (secondary N) is 3. The van der Waals surface area contributed by atoms with Gasteiger partial charge in [-0.2, -0.15) is 11.8 Å². The van der Waals surface area contributed by atoms with Crippen LogP contribution in [0.2, 0.25) is 0 Å². The largest absolute Gasteiger partial charge is 0.365 e. The van der Waals surface area contributed by atoms with E-state index in [1.807, 2.05) is 11.8 Å². The Kier molecular flexibility index (Phi) is 3.56. The number of carbonyl (C=O) groups is 2. The SMILES string of the molecule is N=C(CCC[C@@H]1SC[C@@H]2NC(=O)N[C@@H]21)C(N)=O. The number of primary amides is 1. The van der Waals surface area contributed by atoms with Crippen LogP contribution in [0.4, 0.5) is 4.79 Å². The van der Waals surface area contributed by atoms with Crippen molar-refractivity contribution in [1.29, 1.82) is 5.41 Å². The van der Waals surface area contributed by atoms with Gasteiger partial charge in [-0.05, 0) is 19.3 Å². The normalized spacial score (nSPS) is 30.6. The van der Waals surface area contributed by atoms with Crippen LogP contribution < -0.4 is 16.4 Å². The molecule has 2 rings (SSSR count). The number of carbonyl (C=O) groups excluding carboxylic acids is 2. The maximum Gasteiger partial charge on any atom is 0.315 e. The fourth-order valence-electron chi connectivity index (χ4n) is 2.25. The highest BCUT2D eigenvalue weighted by Gasteiger charge is 2.42. The fourth-order valence-corrected chi connectivity index (χ4v) is 3.79. The molecule has 3 amide bonds. The van der Waals surface area contributed by atoms with Gasteiger partial charge in [-0.1, -0.05) is 0 Å². The van der Waals surface area contributed by atoms with Crippen LogP contribution in [0.1, 0.15) is 19.3 Å². The van der Waals surface area contributed by atoms with Crippen molar-refractivity contribution < 1.29 is 9.59 Å². The maximum atomic E-state index is 11.1. The number of rotatable bonds is 5. The van der Waals surface area contributed by atoms with E-state index in [0.717, 1.165) is 18.6 Å². The monoisotopic (exact) mass is 256 g/mol. The molecule has 2 fully saturated rings. The summed E-state index contributed by atoms with van der Waals surface area (Å²) in [6.07, 6.45) is 2.08. The van der Waals surface area contributed by atoms with E-state index < -0.39 is 5.91 Å². The third-order valence-corrected chi connectivity index (χ3v) is 4.66. The molecule has 5 N–H and O–H groups in total. The van der Waals surface area contributed by atoms with E-state index in [2.05, 4.69) is 10.6 Å². The first-order valence-electron chi connectivity index (χ1n) is 5.64. The Hall–Kier alpha value is -1.24. The zero-order chi connectivity index (χ0) is 12.4. The minimum absolute atomic E-state index is 0.0156. The lowest BCUT2D eigenvalue weighted by molar-refractivity contribution is -0.112. The zero-order valence-electron chi connectivity index (χ0n) is 9.36. The molecule has 0 saturated carbocycles. The van der Waals surface area contributed by atoms with Crippen molar-refractivity contribution in [3.8, 4) is 0 Å². The molecule has 2 aliphatic heterocycles. The summed E-state index contributed by atoms with van der Waals surface area (Å²) < 4.78 is 0. The highest BCUT2D eigenvalue weighted by atomic mass is 32.2. The van der Waals surface area contributed by atoms with E-state index in [1.165, 1.54) is 0 Å². The molecule has 2 saturated heterocycles. The van der Waals surface area contributed by atoms with Gasteiger partial charge in [0.25, 0.3) is 5.91 Å². The van der Waals surface area contributed by atoms with E-state index >= 15 is 0 Å². The Morgan fingerprint density at radius 1 is 1.53 bits per heavy atom. The molecule has 3 atom stereocenters. The molecule has 7 heteroatoms. The summed E-state index contributed by atoms with van der Waals surface area (Å²) in [5, 5.41) is 13.5. The van der Waals surface area contributed by atoms with Gasteiger partial charge in [-0.3, -0.25) is 10.2 Å². The summed E-state index contributed by atoms with van der Waals surface area (Å²) in [5.74, 6) is 0.291. The van der Waals surface area contributed by atoms with E-state index in [9.17, 15) is 9.59 Å². The Balaban J connectivity index is 1.75. The number of thioether (sulfide) groups is 1. The number of nitrogens with two attached hydrogens (primary N) is 1. The summed E-state index contributed by atoms with van der Waals surface area (Å²) in [4.78, 5) is 21.8. The molecule has 0 aromatic heterocycles. The van der Waals surface area contributed by atoms with Gasteiger partial charge in [-0.15, -0.1) is 0 Å². The van der Waals surface area contributed by atoms with Gasteiger partial charge in [0.1, 0.15) is 0 Å². The highest BCUT2D eigenvalue weighted by Crippen LogP contribution is 2.32. The van der Waals surface area contributed by atoms with Crippen LogP contribution in [0, 0.1) is 5.41 Å². The molecule has 0 radical (unpaired) electrons. The maximum absolute atomic E-state index is 11.1. The van der Waals surface area contributed by atoms with Crippen molar-refractivity contribution in [2.45, 2.75) is 36.6 Å². The molecule has 94 valence electrons. The van der Waals surface area contributed by atoms with E-state index in [0.29, 0.717) is 11.7 Å². The molecular weight excluding hydrogens is 240 g/mol. The predicted molar refractivity (Wildman–Crippen MR) is 66.3 cm³/mol. The number of urea groups is 1. The summed E-state index contributed by atoms with van der Waals surface area (Å²) in [6, 6.07) is 0.332. The Morgan fingerprint density at radius 2 is 2.29 bits per heavy atom. The molecule has 17 heavy (non-hydrogen) atoms. The smallest absolute Gasteiger partial charge is 0.315 e. The third-order valence-electron chi connectivity index (χ3n) is 3.15. The molecule has 0 unspecified atom stereocenters. The average Bonchev–Trinajstić information content (AvgIpc) is 2.78. The molecule has 0 aromatic carbocycles. The van der Waals surface area contributed by atoms with Crippen LogP contribution >= 0.6 is 11.8 Å². The van der Waals surface area contributed by atoms with E-state index in [1.54, 1.807) is 0 Å². The van der Waals surface area contributed by atoms with Crippen molar-refractivity contribution in [2.24, 2.45) is 5.73 Å². The lowest BCUT2D eigenvalue weighted by Gasteiger charge is -2.16. The van der Waals surface area contributed by atoms with Gasteiger partial charge < -0.3 is 16.4 Å². The first kappa shape index (κ1) is 12.2. The molecule has 0 aromatic rings. The lowest BCUT2D eigenvalue weighted by atomic mass is 10.0. The molecular formula is C10H16N4O2S. The zero-order valence-corrected chi connectivity index (χ0v) is 10.2. The number of fused-ring (bicyclic) bond motifs is 1. The van der Waals surface area contributed by atoms with Crippen molar-refractivity contribution in [1.82, 2.24) is 10.6 Å². The predicted octanol–water partition coefficient (Wildman–Crippen LogP) is -0.173. The molecule has 0 spiro atoms. The van der Waals surface area contributed by atoms with Crippen LogP contribution in [0.15, 0.2) is 0 Å².